The Morgan fingerprint density at radius 1 is 1.06 bits per heavy atom. The van der Waals surface area contributed by atoms with Crippen LogP contribution in [0.3, 0.4) is 0 Å². The van der Waals surface area contributed by atoms with E-state index in [1.807, 2.05) is 6.07 Å². The zero-order valence-electron chi connectivity index (χ0n) is 16.8. The number of aldehydes is 1. The highest BCUT2D eigenvalue weighted by Gasteiger charge is 2.20. The van der Waals surface area contributed by atoms with E-state index >= 15 is 0 Å². The Morgan fingerprint density at radius 2 is 1.84 bits per heavy atom. The second-order valence-corrected chi connectivity index (χ2v) is 6.97. The molecule has 0 atom stereocenters. The highest BCUT2D eigenvalue weighted by Crippen LogP contribution is 2.35. The number of nitrogens with zero attached hydrogens (tertiary/aromatic N) is 2. The molecule has 162 valence electrons. The number of benzene rings is 2. The molecular formula is C21H18Cl2FN3O4. The summed E-state index contributed by atoms with van der Waals surface area (Å²) in [7, 11) is 4.39. The van der Waals surface area contributed by atoms with Gasteiger partial charge in [0.2, 0.25) is 0 Å². The van der Waals surface area contributed by atoms with Crippen LogP contribution in [0.4, 0.5) is 10.2 Å². The van der Waals surface area contributed by atoms with E-state index < -0.39 is 5.82 Å². The second kappa shape index (κ2) is 9.80. The van der Waals surface area contributed by atoms with E-state index in [0.717, 1.165) is 5.56 Å². The lowest BCUT2D eigenvalue weighted by Crippen LogP contribution is -2.08. The molecule has 0 unspecified atom stereocenters. The smallest absolute Gasteiger partial charge is 0.177 e. The van der Waals surface area contributed by atoms with Crippen molar-refractivity contribution in [2.24, 2.45) is 0 Å². The van der Waals surface area contributed by atoms with Gasteiger partial charge in [-0.15, -0.1) is 0 Å². The quantitative estimate of drug-likeness (QED) is 0.466. The molecule has 0 bridgehead atoms. The first-order valence-corrected chi connectivity index (χ1v) is 9.68. The minimum Gasteiger partial charge on any atom is -0.497 e. The van der Waals surface area contributed by atoms with Gasteiger partial charge in [-0.05, 0) is 24.3 Å². The molecule has 0 amide bonds. The fraction of sp³-hybridized carbons (Fsp3) is 0.190. The van der Waals surface area contributed by atoms with Gasteiger partial charge in [-0.25, -0.2) is 14.4 Å². The first-order chi connectivity index (χ1) is 14.9. The maximum Gasteiger partial charge on any atom is 0.177 e. The normalized spacial score (nSPS) is 10.5. The van der Waals surface area contributed by atoms with Crippen LogP contribution in [0.2, 0.25) is 10.0 Å². The molecule has 3 rings (SSSR count). The number of halogens is 3. The molecule has 0 saturated heterocycles. The average Bonchev–Trinajstić information content (AvgIpc) is 2.78. The van der Waals surface area contributed by atoms with E-state index in [9.17, 15) is 9.18 Å². The molecule has 1 heterocycles. The van der Waals surface area contributed by atoms with Crippen molar-refractivity contribution in [3.8, 4) is 28.6 Å². The third-order valence-electron chi connectivity index (χ3n) is 4.42. The van der Waals surface area contributed by atoms with Gasteiger partial charge in [0, 0.05) is 18.2 Å². The van der Waals surface area contributed by atoms with Crippen LogP contribution >= 0.6 is 23.2 Å². The lowest BCUT2D eigenvalue weighted by molar-refractivity contribution is 0.111. The molecule has 0 spiro atoms. The van der Waals surface area contributed by atoms with Crippen molar-refractivity contribution in [2.75, 3.05) is 26.6 Å². The lowest BCUT2D eigenvalue weighted by atomic mass is 10.1. The number of ether oxygens (including phenoxy) is 3. The Kier molecular flexibility index (Phi) is 7.14. The lowest BCUT2D eigenvalue weighted by Gasteiger charge is -2.14. The summed E-state index contributed by atoms with van der Waals surface area (Å²) in [5.41, 5.74) is 0.696. The molecule has 0 fully saturated rings. The van der Waals surface area contributed by atoms with Crippen LogP contribution in [-0.4, -0.2) is 37.6 Å². The molecular weight excluding hydrogens is 448 g/mol. The zero-order valence-corrected chi connectivity index (χ0v) is 18.3. The van der Waals surface area contributed by atoms with Gasteiger partial charge in [-0.2, -0.15) is 0 Å². The summed E-state index contributed by atoms with van der Waals surface area (Å²) in [6.07, 6.45) is 0.470. The van der Waals surface area contributed by atoms with Gasteiger partial charge in [0.05, 0.1) is 31.9 Å². The Balaban J connectivity index is 2.00. The van der Waals surface area contributed by atoms with Crippen molar-refractivity contribution in [1.82, 2.24) is 9.97 Å². The predicted octanol–water partition coefficient (Wildman–Crippen LogP) is 5.04. The number of anilines is 1. The Bertz CT molecular complexity index is 1130. The van der Waals surface area contributed by atoms with Crippen LogP contribution in [0.15, 0.2) is 30.3 Å². The molecule has 1 N–H and O–H groups in total. The van der Waals surface area contributed by atoms with Crippen LogP contribution in [-0.2, 0) is 6.54 Å². The first kappa shape index (κ1) is 22.6. The van der Waals surface area contributed by atoms with Crippen LogP contribution < -0.4 is 19.5 Å². The van der Waals surface area contributed by atoms with E-state index in [4.69, 9.17) is 37.4 Å². The second-order valence-electron chi connectivity index (χ2n) is 6.19. The highest BCUT2D eigenvalue weighted by molar-refractivity contribution is 6.35. The summed E-state index contributed by atoms with van der Waals surface area (Å²) < 4.78 is 30.4. The molecule has 0 aliphatic heterocycles. The third kappa shape index (κ3) is 4.65. The molecule has 31 heavy (non-hydrogen) atoms. The monoisotopic (exact) mass is 465 g/mol. The fourth-order valence-corrected chi connectivity index (χ4v) is 3.27. The largest absolute Gasteiger partial charge is 0.497 e. The molecule has 0 saturated carbocycles. The van der Waals surface area contributed by atoms with Gasteiger partial charge in [0.1, 0.15) is 28.0 Å². The minimum atomic E-state index is -0.753. The van der Waals surface area contributed by atoms with Crippen LogP contribution in [0, 0.1) is 5.82 Å². The number of aromatic nitrogens is 2. The average molecular weight is 466 g/mol. The van der Waals surface area contributed by atoms with Crippen molar-refractivity contribution >= 4 is 35.3 Å². The SMILES string of the molecule is COc1ccc(CNc2nc(-c3ccc(Cl)c(OC)c3F)nc(C=O)c2Cl)c(OC)c1. The predicted molar refractivity (Wildman–Crippen MR) is 116 cm³/mol. The van der Waals surface area contributed by atoms with Crippen LogP contribution in [0.1, 0.15) is 16.1 Å². The summed E-state index contributed by atoms with van der Waals surface area (Å²) in [6.45, 7) is 0.258. The summed E-state index contributed by atoms with van der Waals surface area (Å²) >= 11 is 12.2. The molecule has 0 aliphatic carbocycles. The molecule has 0 radical (unpaired) electrons. The maximum atomic E-state index is 14.8. The maximum absolute atomic E-state index is 14.8. The number of rotatable bonds is 8. The van der Waals surface area contributed by atoms with Crippen LogP contribution in [0.25, 0.3) is 11.4 Å². The van der Waals surface area contributed by atoms with Crippen LogP contribution in [0.5, 0.6) is 17.2 Å². The number of nitrogens with one attached hydrogen (secondary N) is 1. The Hall–Kier alpha value is -3.10. The van der Waals surface area contributed by atoms with Gasteiger partial charge < -0.3 is 19.5 Å². The van der Waals surface area contributed by atoms with E-state index in [-0.39, 0.29) is 45.2 Å². The number of hydrogen-bond acceptors (Lipinski definition) is 7. The number of carbonyl (C=O) groups excluding carboxylic acids is 1. The van der Waals surface area contributed by atoms with Gasteiger partial charge in [-0.1, -0.05) is 23.2 Å². The Labute approximate surface area is 188 Å². The minimum absolute atomic E-state index is 0.00564. The van der Waals surface area contributed by atoms with E-state index in [1.54, 1.807) is 19.2 Å². The first-order valence-electron chi connectivity index (χ1n) is 8.93. The van der Waals surface area contributed by atoms with Gasteiger partial charge >= 0.3 is 0 Å². The standard InChI is InChI=1S/C21H18Cl2FN3O4/c1-29-12-5-4-11(16(8-12)30-2)9-25-21-17(23)15(10-28)26-20(27-21)13-6-7-14(22)19(31-3)18(13)24/h4-8,10H,9H2,1-3H3,(H,25,26,27). The summed E-state index contributed by atoms with van der Waals surface area (Å²) in [5, 5.41) is 3.15. The summed E-state index contributed by atoms with van der Waals surface area (Å²) in [4.78, 5) is 19.9. The number of methoxy groups -OCH3 is 3. The Morgan fingerprint density at radius 3 is 2.48 bits per heavy atom. The molecule has 2 aromatic carbocycles. The van der Waals surface area contributed by atoms with Crippen molar-refractivity contribution in [2.45, 2.75) is 6.54 Å². The molecule has 7 nitrogen and oxygen atoms in total. The zero-order chi connectivity index (χ0) is 22.5. The topological polar surface area (TPSA) is 82.6 Å². The molecule has 1 aromatic heterocycles. The van der Waals surface area contributed by atoms with Gasteiger partial charge in [0.15, 0.2) is 23.7 Å². The molecule has 0 aliphatic rings. The molecule has 3 aromatic rings. The van der Waals surface area contributed by atoms with E-state index in [0.29, 0.717) is 17.8 Å². The number of carbonyl (C=O) groups is 1. The van der Waals surface area contributed by atoms with Gasteiger partial charge in [0.25, 0.3) is 0 Å². The van der Waals surface area contributed by atoms with Crippen molar-refractivity contribution < 1.29 is 23.4 Å². The fourth-order valence-electron chi connectivity index (χ4n) is 2.85. The van der Waals surface area contributed by atoms with Crippen molar-refractivity contribution in [3.05, 3.63) is 57.5 Å². The highest BCUT2D eigenvalue weighted by atomic mass is 35.5. The van der Waals surface area contributed by atoms with Crippen molar-refractivity contribution in [3.63, 3.8) is 0 Å². The van der Waals surface area contributed by atoms with Gasteiger partial charge in [-0.3, -0.25) is 4.79 Å². The summed E-state index contributed by atoms with van der Waals surface area (Å²) in [5.74, 6) is 0.419. The van der Waals surface area contributed by atoms with E-state index in [2.05, 4.69) is 15.3 Å². The summed E-state index contributed by atoms with van der Waals surface area (Å²) in [6, 6.07) is 8.17. The van der Waals surface area contributed by atoms with Crippen molar-refractivity contribution in [1.29, 1.82) is 0 Å². The third-order valence-corrected chi connectivity index (χ3v) is 5.09. The number of hydrogen-bond donors (Lipinski definition) is 1. The molecule has 10 heteroatoms. The van der Waals surface area contributed by atoms with E-state index in [1.165, 1.54) is 26.4 Å².